The lowest BCUT2D eigenvalue weighted by Crippen LogP contribution is -2.60. The van der Waals surface area contributed by atoms with E-state index in [0.717, 1.165) is 35.5 Å². The number of carboxylic acid groups (broad SMARTS) is 1. The fourth-order valence-electron chi connectivity index (χ4n) is 5.03. The van der Waals surface area contributed by atoms with Crippen LogP contribution in [0.4, 0.5) is 4.79 Å². The smallest absolute Gasteiger partial charge is 0.407 e. The molecule has 2 amide bonds. The van der Waals surface area contributed by atoms with E-state index < -0.39 is 18.2 Å². The predicted octanol–water partition coefficient (Wildman–Crippen LogP) is 4.03. The first kappa shape index (κ1) is 22.2. The average molecular weight is 460 g/mol. The van der Waals surface area contributed by atoms with E-state index in [9.17, 15) is 19.8 Å². The SMILES string of the molecule is Cc1cc(C(=O)N2CCN(C(=O)O)C[C@H]2[C@H](O)C2CC2)c(-c2ccccc2)n1-c1ccccc1. The van der Waals surface area contributed by atoms with Crippen molar-refractivity contribution >= 4 is 12.0 Å². The Morgan fingerprint density at radius 2 is 1.62 bits per heavy atom. The second-order valence-electron chi connectivity index (χ2n) is 9.21. The number of carbonyl (C=O) groups excluding carboxylic acids is 1. The molecule has 34 heavy (non-hydrogen) atoms. The van der Waals surface area contributed by atoms with E-state index in [-0.39, 0.29) is 31.5 Å². The van der Waals surface area contributed by atoms with Gasteiger partial charge in [0.2, 0.25) is 0 Å². The summed E-state index contributed by atoms with van der Waals surface area (Å²) in [7, 11) is 0. The average Bonchev–Trinajstić information content (AvgIpc) is 3.66. The van der Waals surface area contributed by atoms with E-state index in [4.69, 9.17) is 0 Å². The Bertz CT molecular complexity index is 1190. The summed E-state index contributed by atoms with van der Waals surface area (Å²) < 4.78 is 2.09. The van der Waals surface area contributed by atoms with Crippen LogP contribution in [0.5, 0.6) is 0 Å². The summed E-state index contributed by atoms with van der Waals surface area (Å²) in [5, 5.41) is 20.5. The molecule has 2 aromatic carbocycles. The van der Waals surface area contributed by atoms with Crippen molar-refractivity contribution in [2.75, 3.05) is 19.6 Å². The molecule has 1 aromatic heterocycles. The second kappa shape index (κ2) is 8.99. The highest BCUT2D eigenvalue weighted by atomic mass is 16.4. The maximum absolute atomic E-state index is 14.1. The van der Waals surface area contributed by atoms with Crippen LogP contribution >= 0.6 is 0 Å². The van der Waals surface area contributed by atoms with Crippen molar-refractivity contribution in [3.05, 3.63) is 78.0 Å². The van der Waals surface area contributed by atoms with Crippen molar-refractivity contribution in [1.29, 1.82) is 0 Å². The highest BCUT2D eigenvalue weighted by Crippen LogP contribution is 2.37. The molecule has 7 nitrogen and oxygen atoms in total. The van der Waals surface area contributed by atoms with Crippen LogP contribution in [0.1, 0.15) is 28.9 Å². The van der Waals surface area contributed by atoms with E-state index in [1.54, 1.807) is 4.90 Å². The summed E-state index contributed by atoms with van der Waals surface area (Å²) in [6.45, 7) is 2.59. The van der Waals surface area contributed by atoms with Gasteiger partial charge in [-0.1, -0.05) is 48.5 Å². The maximum Gasteiger partial charge on any atom is 0.407 e. The second-order valence-corrected chi connectivity index (χ2v) is 9.21. The summed E-state index contributed by atoms with van der Waals surface area (Å²) in [5.74, 6) is -0.0512. The first-order valence-corrected chi connectivity index (χ1v) is 11.8. The van der Waals surface area contributed by atoms with Crippen LogP contribution in [0.2, 0.25) is 0 Å². The fraction of sp³-hybridized carbons (Fsp3) is 0.333. The summed E-state index contributed by atoms with van der Waals surface area (Å²) in [4.78, 5) is 28.7. The van der Waals surface area contributed by atoms with Gasteiger partial charge >= 0.3 is 6.09 Å². The zero-order chi connectivity index (χ0) is 23.8. The van der Waals surface area contributed by atoms with Gasteiger partial charge in [-0.3, -0.25) is 4.79 Å². The van der Waals surface area contributed by atoms with Crippen LogP contribution in [-0.4, -0.2) is 68.4 Å². The molecule has 3 aromatic rings. The molecule has 1 saturated heterocycles. The van der Waals surface area contributed by atoms with Crippen molar-refractivity contribution in [3.63, 3.8) is 0 Å². The van der Waals surface area contributed by atoms with Crippen molar-refractivity contribution in [1.82, 2.24) is 14.4 Å². The van der Waals surface area contributed by atoms with Gasteiger partial charge in [-0.25, -0.2) is 4.79 Å². The lowest BCUT2D eigenvalue weighted by atomic mass is 9.99. The van der Waals surface area contributed by atoms with E-state index >= 15 is 0 Å². The number of benzene rings is 2. The molecule has 2 atom stereocenters. The standard InChI is InChI=1S/C27H29N3O4/c1-18-16-22(24(19-8-4-2-5-9-19)30(18)21-10-6-3-7-11-21)26(32)29-15-14-28(27(33)34)17-23(29)25(31)20-12-13-20/h2-11,16,20,23,25,31H,12-15,17H2,1H3,(H,33,34)/t23-,25+/m0/s1. The van der Waals surface area contributed by atoms with Crippen LogP contribution < -0.4 is 0 Å². The number of rotatable bonds is 5. The number of para-hydroxylation sites is 1. The largest absolute Gasteiger partial charge is 0.465 e. The van der Waals surface area contributed by atoms with E-state index in [0.29, 0.717) is 5.56 Å². The molecule has 0 bridgehead atoms. The lowest BCUT2D eigenvalue weighted by molar-refractivity contribution is -0.00552. The number of hydrogen-bond donors (Lipinski definition) is 2. The topological polar surface area (TPSA) is 86.0 Å². The van der Waals surface area contributed by atoms with Gasteiger partial charge < -0.3 is 24.6 Å². The Morgan fingerprint density at radius 3 is 2.24 bits per heavy atom. The monoisotopic (exact) mass is 459 g/mol. The van der Waals surface area contributed by atoms with Gasteiger partial charge in [0, 0.05) is 31.0 Å². The fourth-order valence-corrected chi connectivity index (χ4v) is 5.03. The molecule has 2 heterocycles. The third-order valence-electron chi connectivity index (χ3n) is 6.93. The molecule has 176 valence electrons. The van der Waals surface area contributed by atoms with Crippen molar-refractivity contribution in [2.24, 2.45) is 5.92 Å². The maximum atomic E-state index is 14.1. The Kier molecular flexibility index (Phi) is 5.87. The lowest BCUT2D eigenvalue weighted by Gasteiger charge is -2.42. The van der Waals surface area contributed by atoms with Crippen LogP contribution in [0.25, 0.3) is 16.9 Å². The van der Waals surface area contributed by atoms with Crippen molar-refractivity contribution in [3.8, 4) is 16.9 Å². The van der Waals surface area contributed by atoms with E-state index in [2.05, 4.69) is 4.57 Å². The molecule has 1 aliphatic heterocycles. The molecule has 0 spiro atoms. The number of aromatic nitrogens is 1. The Balaban J connectivity index is 1.59. The van der Waals surface area contributed by atoms with Gasteiger partial charge in [-0.2, -0.15) is 0 Å². The normalized spacial score (nSPS) is 19.2. The highest BCUT2D eigenvalue weighted by molar-refractivity contribution is 6.01. The molecule has 1 saturated carbocycles. The van der Waals surface area contributed by atoms with E-state index in [1.165, 1.54) is 4.90 Å². The molecule has 1 aliphatic carbocycles. The molecule has 0 unspecified atom stereocenters. The number of carbonyl (C=O) groups is 2. The number of aryl methyl sites for hydroxylation is 1. The van der Waals surface area contributed by atoms with Gasteiger partial charge in [0.1, 0.15) is 0 Å². The molecule has 2 aliphatic rings. The van der Waals surface area contributed by atoms with Gasteiger partial charge in [0.05, 0.1) is 23.4 Å². The van der Waals surface area contributed by atoms with Crippen LogP contribution in [-0.2, 0) is 0 Å². The minimum absolute atomic E-state index is 0.123. The van der Waals surface area contributed by atoms with Crippen LogP contribution in [0.15, 0.2) is 66.7 Å². The number of hydrogen-bond acceptors (Lipinski definition) is 3. The van der Waals surface area contributed by atoms with Crippen LogP contribution in [0, 0.1) is 12.8 Å². The number of amides is 2. The van der Waals surface area contributed by atoms with Gasteiger partial charge in [0.15, 0.2) is 0 Å². The van der Waals surface area contributed by atoms with Gasteiger partial charge in [-0.15, -0.1) is 0 Å². The molecule has 2 N–H and O–H groups in total. The third-order valence-corrected chi connectivity index (χ3v) is 6.93. The summed E-state index contributed by atoms with van der Waals surface area (Å²) in [5.41, 5.74) is 4.17. The number of nitrogens with zero attached hydrogens (tertiary/aromatic N) is 3. The minimum atomic E-state index is -1.02. The number of aliphatic hydroxyl groups excluding tert-OH is 1. The van der Waals surface area contributed by atoms with Crippen molar-refractivity contribution in [2.45, 2.75) is 31.9 Å². The Morgan fingerprint density at radius 1 is 0.971 bits per heavy atom. The first-order valence-electron chi connectivity index (χ1n) is 11.8. The molecule has 2 fully saturated rings. The van der Waals surface area contributed by atoms with Crippen LogP contribution in [0.3, 0.4) is 0 Å². The third kappa shape index (κ3) is 4.07. The molecule has 7 heteroatoms. The summed E-state index contributed by atoms with van der Waals surface area (Å²) >= 11 is 0. The Hall–Kier alpha value is -3.58. The minimum Gasteiger partial charge on any atom is -0.465 e. The number of piperazine rings is 1. The van der Waals surface area contributed by atoms with Gasteiger partial charge in [-0.05, 0) is 49.4 Å². The summed E-state index contributed by atoms with van der Waals surface area (Å²) in [6.07, 6.45) is 0.0663. The zero-order valence-corrected chi connectivity index (χ0v) is 19.2. The predicted molar refractivity (Wildman–Crippen MR) is 129 cm³/mol. The van der Waals surface area contributed by atoms with Gasteiger partial charge in [0.25, 0.3) is 5.91 Å². The quantitative estimate of drug-likeness (QED) is 0.603. The first-order chi connectivity index (χ1) is 16.5. The summed E-state index contributed by atoms with van der Waals surface area (Å²) in [6, 6.07) is 21.1. The van der Waals surface area contributed by atoms with E-state index in [1.807, 2.05) is 73.7 Å². The highest BCUT2D eigenvalue weighted by Gasteiger charge is 2.43. The molecular weight excluding hydrogens is 430 g/mol. The van der Waals surface area contributed by atoms with Crippen molar-refractivity contribution < 1.29 is 19.8 Å². The molecule has 0 radical (unpaired) electrons. The molecule has 5 rings (SSSR count). The molecular formula is C27H29N3O4. The zero-order valence-electron chi connectivity index (χ0n) is 19.2. The number of aliphatic hydroxyl groups is 1. The Labute approximate surface area is 198 Å².